The fraction of sp³-hybridized carbons (Fsp3) is 0.619. The smallest absolute Gasteiger partial charge is 0.303 e. The van der Waals surface area contributed by atoms with Crippen molar-refractivity contribution in [1.29, 1.82) is 0 Å². The second kappa shape index (κ2) is 8.46. The van der Waals surface area contributed by atoms with Gasteiger partial charge in [-0.15, -0.1) is 0 Å². The van der Waals surface area contributed by atoms with E-state index in [2.05, 4.69) is 12.1 Å². The molecule has 0 radical (unpaired) electrons. The van der Waals surface area contributed by atoms with Gasteiger partial charge >= 0.3 is 5.97 Å². The number of Topliss-reactive ketones (excluding diaryl/α,β-unsaturated/α-hetero) is 1. The van der Waals surface area contributed by atoms with Crippen LogP contribution in [0.4, 0.5) is 0 Å². The largest absolute Gasteiger partial charge is 0.481 e. The number of hydrogen-bond donors (Lipinski definition) is 1. The lowest BCUT2D eigenvalue weighted by Crippen LogP contribution is -2.27. The molecule has 1 fully saturated rings. The Morgan fingerprint density at radius 1 is 1.17 bits per heavy atom. The summed E-state index contributed by atoms with van der Waals surface area (Å²) in [6.45, 7) is 4.02. The molecule has 1 aliphatic rings. The van der Waals surface area contributed by atoms with Gasteiger partial charge in [0.15, 0.2) is 0 Å². The van der Waals surface area contributed by atoms with Crippen LogP contribution in [0.3, 0.4) is 0 Å². The maximum Gasteiger partial charge on any atom is 0.303 e. The Kier molecular flexibility index (Phi) is 6.59. The third-order valence-corrected chi connectivity index (χ3v) is 5.28. The van der Waals surface area contributed by atoms with E-state index in [0.717, 1.165) is 50.5 Å². The number of rotatable bonds is 8. The first-order valence-corrected chi connectivity index (χ1v) is 9.19. The SMILES string of the molecule is CC(C)(CCCCC1CCCC(c2ccccc2)C1=O)CC(=O)O. The van der Waals surface area contributed by atoms with Crippen LogP contribution in [0.15, 0.2) is 30.3 Å². The number of carboxylic acids is 1. The van der Waals surface area contributed by atoms with Gasteiger partial charge in [0.05, 0.1) is 6.42 Å². The Morgan fingerprint density at radius 2 is 1.88 bits per heavy atom. The summed E-state index contributed by atoms with van der Waals surface area (Å²) in [5.41, 5.74) is 1.00. The molecule has 1 saturated carbocycles. The molecule has 0 heterocycles. The summed E-state index contributed by atoms with van der Waals surface area (Å²) in [6.07, 6.45) is 7.20. The number of carbonyl (C=O) groups excluding carboxylic acids is 1. The molecular formula is C21H30O3. The van der Waals surface area contributed by atoms with Gasteiger partial charge in [0.1, 0.15) is 5.78 Å². The molecule has 0 bridgehead atoms. The molecule has 24 heavy (non-hydrogen) atoms. The van der Waals surface area contributed by atoms with Gasteiger partial charge < -0.3 is 5.11 Å². The van der Waals surface area contributed by atoms with Crippen molar-refractivity contribution in [1.82, 2.24) is 0 Å². The highest BCUT2D eigenvalue weighted by atomic mass is 16.4. The summed E-state index contributed by atoms with van der Waals surface area (Å²) in [5, 5.41) is 8.94. The van der Waals surface area contributed by atoms with Crippen LogP contribution in [0.25, 0.3) is 0 Å². The van der Waals surface area contributed by atoms with Crippen molar-refractivity contribution >= 4 is 11.8 Å². The predicted octanol–water partition coefficient (Wildman–Crippen LogP) is 5.20. The molecule has 0 aromatic heterocycles. The Balaban J connectivity index is 1.80. The van der Waals surface area contributed by atoms with Crippen molar-refractivity contribution in [2.75, 3.05) is 0 Å². The van der Waals surface area contributed by atoms with Crippen LogP contribution in [0.2, 0.25) is 0 Å². The van der Waals surface area contributed by atoms with Crippen molar-refractivity contribution in [3.05, 3.63) is 35.9 Å². The second-order valence-corrected chi connectivity index (χ2v) is 7.97. The van der Waals surface area contributed by atoms with E-state index in [1.807, 2.05) is 32.0 Å². The molecule has 0 aliphatic heterocycles. The summed E-state index contributed by atoms with van der Waals surface area (Å²) < 4.78 is 0. The predicted molar refractivity (Wildman–Crippen MR) is 96.0 cm³/mol. The first kappa shape index (κ1) is 18.7. The quantitative estimate of drug-likeness (QED) is 0.666. The van der Waals surface area contributed by atoms with Crippen LogP contribution in [0.5, 0.6) is 0 Å². The first-order valence-electron chi connectivity index (χ1n) is 9.19. The molecule has 0 saturated heterocycles. The topological polar surface area (TPSA) is 54.4 Å². The van der Waals surface area contributed by atoms with Gasteiger partial charge in [-0.05, 0) is 36.7 Å². The van der Waals surface area contributed by atoms with Crippen molar-refractivity contribution in [3.8, 4) is 0 Å². The van der Waals surface area contributed by atoms with Crippen LogP contribution in [-0.4, -0.2) is 16.9 Å². The zero-order valence-electron chi connectivity index (χ0n) is 15.0. The van der Waals surface area contributed by atoms with Gasteiger partial charge in [0.25, 0.3) is 0 Å². The maximum atomic E-state index is 12.8. The number of unbranched alkanes of at least 4 members (excludes halogenated alkanes) is 1. The van der Waals surface area contributed by atoms with Crippen molar-refractivity contribution in [2.45, 2.75) is 71.1 Å². The summed E-state index contributed by atoms with van der Waals surface area (Å²) in [7, 11) is 0. The average Bonchev–Trinajstić information content (AvgIpc) is 2.52. The number of carboxylic acid groups (broad SMARTS) is 1. The van der Waals surface area contributed by atoms with Crippen LogP contribution < -0.4 is 0 Å². The van der Waals surface area contributed by atoms with Crippen LogP contribution in [0.1, 0.15) is 76.7 Å². The Labute approximate surface area is 145 Å². The minimum absolute atomic E-state index is 0.0772. The molecule has 1 aliphatic carbocycles. The average molecular weight is 330 g/mol. The maximum absolute atomic E-state index is 12.8. The fourth-order valence-corrected chi connectivity index (χ4v) is 3.93. The molecule has 132 valence electrons. The van der Waals surface area contributed by atoms with E-state index >= 15 is 0 Å². The zero-order valence-corrected chi connectivity index (χ0v) is 15.0. The first-order chi connectivity index (χ1) is 11.4. The highest BCUT2D eigenvalue weighted by Gasteiger charge is 2.31. The van der Waals surface area contributed by atoms with E-state index in [-0.39, 0.29) is 23.7 Å². The van der Waals surface area contributed by atoms with E-state index in [9.17, 15) is 9.59 Å². The van der Waals surface area contributed by atoms with E-state index in [1.54, 1.807) is 0 Å². The van der Waals surface area contributed by atoms with Crippen molar-refractivity contribution in [2.24, 2.45) is 11.3 Å². The van der Waals surface area contributed by atoms with Crippen LogP contribution in [-0.2, 0) is 9.59 Å². The van der Waals surface area contributed by atoms with E-state index in [1.165, 1.54) is 0 Å². The summed E-state index contributed by atoms with van der Waals surface area (Å²) >= 11 is 0. The molecule has 2 atom stereocenters. The molecule has 2 rings (SSSR count). The molecular weight excluding hydrogens is 300 g/mol. The lowest BCUT2D eigenvalue weighted by molar-refractivity contribution is -0.139. The minimum atomic E-state index is -0.729. The third kappa shape index (κ3) is 5.47. The zero-order chi connectivity index (χ0) is 17.6. The fourth-order valence-electron chi connectivity index (χ4n) is 3.93. The van der Waals surface area contributed by atoms with Crippen LogP contribution >= 0.6 is 0 Å². The van der Waals surface area contributed by atoms with Crippen molar-refractivity contribution in [3.63, 3.8) is 0 Å². The van der Waals surface area contributed by atoms with Gasteiger partial charge in [-0.2, -0.15) is 0 Å². The second-order valence-electron chi connectivity index (χ2n) is 7.97. The Hall–Kier alpha value is -1.64. The lowest BCUT2D eigenvalue weighted by Gasteiger charge is -2.28. The molecule has 1 aromatic rings. The Morgan fingerprint density at radius 3 is 2.54 bits per heavy atom. The van der Waals surface area contributed by atoms with Gasteiger partial charge in [-0.25, -0.2) is 0 Å². The van der Waals surface area contributed by atoms with Gasteiger partial charge in [0.2, 0.25) is 0 Å². The Bertz CT molecular complexity index is 547. The molecule has 0 spiro atoms. The minimum Gasteiger partial charge on any atom is -0.481 e. The summed E-state index contributed by atoms with van der Waals surface area (Å²) in [6, 6.07) is 10.2. The third-order valence-electron chi connectivity index (χ3n) is 5.28. The molecule has 1 aromatic carbocycles. The number of benzene rings is 1. The summed E-state index contributed by atoms with van der Waals surface area (Å²) in [4.78, 5) is 23.6. The van der Waals surface area contributed by atoms with Crippen molar-refractivity contribution < 1.29 is 14.7 Å². The number of aliphatic carboxylic acids is 1. The number of hydrogen-bond acceptors (Lipinski definition) is 2. The highest BCUT2D eigenvalue weighted by molar-refractivity contribution is 5.88. The molecule has 2 unspecified atom stereocenters. The molecule has 1 N–H and O–H groups in total. The van der Waals surface area contributed by atoms with E-state index in [4.69, 9.17) is 5.11 Å². The monoisotopic (exact) mass is 330 g/mol. The lowest BCUT2D eigenvalue weighted by atomic mass is 9.74. The summed E-state index contributed by atoms with van der Waals surface area (Å²) in [5.74, 6) is -0.0506. The van der Waals surface area contributed by atoms with E-state index < -0.39 is 5.97 Å². The van der Waals surface area contributed by atoms with Crippen LogP contribution in [0, 0.1) is 11.3 Å². The molecule has 0 amide bonds. The van der Waals surface area contributed by atoms with Gasteiger partial charge in [-0.3, -0.25) is 9.59 Å². The number of carbonyl (C=O) groups is 2. The van der Waals surface area contributed by atoms with Gasteiger partial charge in [-0.1, -0.05) is 63.4 Å². The standard InChI is InChI=1S/C21H30O3/c1-21(2,15-19(22)23)14-7-6-11-17-12-8-13-18(20(17)24)16-9-4-3-5-10-16/h3-5,9-10,17-18H,6-8,11-15H2,1-2H3,(H,22,23). The molecule has 3 nitrogen and oxygen atoms in total. The highest BCUT2D eigenvalue weighted by Crippen LogP contribution is 2.36. The van der Waals surface area contributed by atoms with Gasteiger partial charge in [0, 0.05) is 11.8 Å². The normalized spacial score (nSPS) is 21.7. The number of ketones is 1. The van der Waals surface area contributed by atoms with E-state index in [0.29, 0.717) is 5.78 Å². The molecule has 3 heteroatoms.